The average molecular weight is 389 g/mol. The van der Waals surface area contributed by atoms with Crippen molar-refractivity contribution in [1.29, 1.82) is 0 Å². The highest BCUT2D eigenvalue weighted by Crippen LogP contribution is 2.13. The number of unbranched alkanes of at least 4 members (excludes halogenated alkanes) is 1. The SMILES string of the molecule is CCCCOc1ccc(CCNC(=NCCCN2CCCC2=O)NCC)cc1. The lowest BCUT2D eigenvalue weighted by atomic mass is 10.1. The first-order chi connectivity index (χ1) is 13.7. The molecule has 1 aliphatic heterocycles. The van der Waals surface area contributed by atoms with E-state index in [4.69, 9.17) is 4.74 Å². The summed E-state index contributed by atoms with van der Waals surface area (Å²) in [6.07, 6.45) is 5.78. The van der Waals surface area contributed by atoms with Crippen LogP contribution in [0.25, 0.3) is 0 Å². The highest BCUT2D eigenvalue weighted by Gasteiger charge is 2.18. The monoisotopic (exact) mass is 388 g/mol. The predicted molar refractivity (Wildman–Crippen MR) is 115 cm³/mol. The average Bonchev–Trinajstić information content (AvgIpc) is 3.11. The minimum absolute atomic E-state index is 0.288. The first kappa shape index (κ1) is 22.1. The van der Waals surface area contributed by atoms with Crippen molar-refractivity contribution in [2.75, 3.05) is 39.3 Å². The van der Waals surface area contributed by atoms with Gasteiger partial charge >= 0.3 is 0 Å². The first-order valence-corrected chi connectivity index (χ1v) is 10.7. The molecule has 0 unspecified atom stereocenters. The molecule has 1 heterocycles. The van der Waals surface area contributed by atoms with Crippen LogP contribution in [-0.2, 0) is 11.2 Å². The third-order valence-corrected chi connectivity index (χ3v) is 4.77. The van der Waals surface area contributed by atoms with E-state index in [0.717, 1.165) is 83.1 Å². The Morgan fingerprint density at radius 2 is 2.00 bits per heavy atom. The second-order valence-electron chi connectivity index (χ2n) is 7.12. The summed E-state index contributed by atoms with van der Waals surface area (Å²) in [6, 6.07) is 8.34. The molecule has 6 nitrogen and oxygen atoms in total. The minimum atomic E-state index is 0.288. The summed E-state index contributed by atoms with van der Waals surface area (Å²) < 4.78 is 5.71. The van der Waals surface area contributed by atoms with E-state index in [1.165, 1.54) is 5.56 Å². The predicted octanol–water partition coefficient (Wildman–Crippen LogP) is 2.98. The lowest BCUT2D eigenvalue weighted by Gasteiger charge is -2.15. The highest BCUT2D eigenvalue weighted by atomic mass is 16.5. The Morgan fingerprint density at radius 1 is 1.18 bits per heavy atom. The van der Waals surface area contributed by atoms with E-state index in [1.807, 2.05) is 17.0 Å². The van der Waals surface area contributed by atoms with Crippen molar-refractivity contribution in [3.63, 3.8) is 0 Å². The molecule has 0 saturated carbocycles. The number of nitrogens with one attached hydrogen (secondary N) is 2. The molecule has 0 aromatic heterocycles. The van der Waals surface area contributed by atoms with Gasteiger partial charge in [0.2, 0.25) is 5.91 Å². The molecule has 0 bridgehead atoms. The van der Waals surface area contributed by atoms with Gasteiger partial charge in [0.1, 0.15) is 5.75 Å². The number of hydrogen-bond donors (Lipinski definition) is 2. The third kappa shape index (κ3) is 8.19. The first-order valence-electron chi connectivity index (χ1n) is 10.7. The van der Waals surface area contributed by atoms with E-state index >= 15 is 0 Å². The second-order valence-corrected chi connectivity index (χ2v) is 7.12. The molecule has 1 saturated heterocycles. The lowest BCUT2D eigenvalue weighted by Crippen LogP contribution is -2.38. The van der Waals surface area contributed by atoms with E-state index < -0.39 is 0 Å². The molecule has 2 rings (SSSR count). The standard InChI is InChI=1S/C22H36N4O2/c1-3-5-18-28-20-11-9-19(10-12-20)13-15-25-22(23-4-2)24-14-7-17-26-16-6-8-21(26)27/h9-12H,3-8,13-18H2,1-2H3,(H2,23,24,25). The molecule has 2 N–H and O–H groups in total. The van der Waals surface area contributed by atoms with Gasteiger partial charge in [-0.1, -0.05) is 25.5 Å². The summed E-state index contributed by atoms with van der Waals surface area (Å²) >= 11 is 0. The summed E-state index contributed by atoms with van der Waals surface area (Å²) in [7, 11) is 0. The van der Waals surface area contributed by atoms with Gasteiger partial charge in [0.15, 0.2) is 5.96 Å². The van der Waals surface area contributed by atoms with Crippen LogP contribution in [0, 0.1) is 0 Å². The summed E-state index contributed by atoms with van der Waals surface area (Å²) in [4.78, 5) is 18.2. The molecule has 0 spiro atoms. The summed E-state index contributed by atoms with van der Waals surface area (Å²) in [5, 5.41) is 6.67. The largest absolute Gasteiger partial charge is 0.494 e. The van der Waals surface area contributed by atoms with Gasteiger partial charge in [0.05, 0.1) is 6.61 Å². The lowest BCUT2D eigenvalue weighted by molar-refractivity contribution is -0.127. The minimum Gasteiger partial charge on any atom is -0.494 e. The Morgan fingerprint density at radius 3 is 2.68 bits per heavy atom. The summed E-state index contributed by atoms with van der Waals surface area (Å²) in [5.74, 6) is 2.07. The Labute approximate surface area is 169 Å². The maximum atomic E-state index is 11.6. The van der Waals surface area contributed by atoms with Gasteiger partial charge in [-0.2, -0.15) is 0 Å². The number of hydrogen-bond acceptors (Lipinski definition) is 3. The van der Waals surface area contributed by atoms with E-state index in [1.54, 1.807) is 0 Å². The zero-order valence-corrected chi connectivity index (χ0v) is 17.5. The number of benzene rings is 1. The van der Waals surface area contributed by atoms with Crippen LogP contribution in [0.1, 0.15) is 51.5 Å². The van der Waals surface area contributed by atoms with Crippen molar-refractivity contribution < 1.29 is 9.53 Å². The number of likely N-dealkylation sites (tertiary alicyclic amines) is 1. The van der Waals surface area contributed by atoms with Gasteiger partial charge in [-0.05, 0) is 50.3 Å². The molecule has 0 atom stereocenters. The van der Waals surface area contributed by atoms with Crippen LogP contribution in [0.2, 0.25) is 0 Å². The molecule has 156 valence electrons. The molecule has 6 heteroatoms. The van der Waals surface area contributed by atoms with Crippen molar-refractivity contribution in [2.24, 2.45) is 4.99 Å². The van der Waals surface area contributed by atoms with Crippen molar-refractivity contribution >= 4 is 11.9 Å². The van der Waals surface area contributed by atoms with Crippen LogP contribution in [0.4, 0.5) is 0 Å². The fourth-order valence-electron chi connectivity index (χ4n) is 3.15. The number of rotatable bonds is 12. The number of ether oxygens (including phenoxy) is 1. The molecule has 1 aromatic rings. The maximum Gasteiger partial charge on any atom is 0.222 e. The molecular weight excluding hydrogens is 352 g/mol. The van der Waals surface area contributed by atoms with Gasteiger partial charge in [-0.15, -0.1) is 0 Å². The Bertz CT molecular complexity index is 601. The Hall–Kier alpha value is -2.24. The fraction of sp³-hybridized carbons (Fsp3) is 0.636. The smallest absolute Gasteiger partial charge is 0.222 e. The molecule has 0 radical (unpaired) electrons. The van der Waals surface area contributed by atoms with Crippen molar-refractivity contribution in [2.45, 2.75) is 52.4 Å². The molecule has 1 amide bonds. The number of amides is 1. The van der Waals surface area contributed by atoms with Crippen LogP contribution in [0.15, 0.2) is 29.3 Å². The van der Waals surface area contributed by atoms with E-state index in [9.17, 15) is 4.79 Å². The van der Waals surface area contributed by atoms with Gasteiger partial charge < -0.3 is 20.3 Å². The Kier molecular flexibility index (Phi) is 10.3. The maximum absolute atomic E-state index is 11.6. The molecule has 1 aromatic carbocycles. The summed E-state index contributed by atoms with van der Waals surface area (Å²) in [6.45, 7) is 9.12. The highest BCUT2D eigenvalue weighted by molar-refractivity contribution is 5.79. The van der Waals surface area contributed by atoms with Gasteiger partial charge in [0.25, 0.3) is 0 Å². The number of nitrogens with zero attached hydrogens (tertiary/aromatic N) is 2. The fourth-order valence-corrected chi connectivity index (χ4v) is 3.15. The van der Waals surface area contributed by atoms with Crippen LogP contribution in [0.5, 0.6) is 5.75 Å². The van der Waals surface area contributed by atoms with Gasteiger partial charge in [-0.25, -0.2) is 0 Å². The van der Waals surface area contributed by atoms with Crippen molar-refractivity contribution in [3.8, 4) is 5.75 Å². The number of aliphatic imine (C=N–C) groups is 1. The van der Waals surface area contributed by atoms with Gasteiger partial charge in [-0.3, -0.25) is 9.79 Å². The van der Waals surface area contributed by atoms with Crippen molar-refractivity contribution in [3.05, 3.63) is 29.8 Å². The van der Waals surface area contributed by atoms with E-state index in [0.29, 0.717) is 6.42 Å². The number of carbonyl (C=O) groups is 1. The van der Waals surface area contributed by atoms with Crippen LogP contribution < -0.4 is 15.4 Å². The Balaban J connectivity index is 1.67. The van der Waals surface area contributed by atoms with E-state index in [2.05, 4.69) is 41.6 Å². The topological polar surface area (TPSA) is 66.0 Å². The number of guanidine groups is 1. The molecule has 28 heavy (non-hydrogen) atoms. The summed E-state index contributed by atoms with van der Waals surface area (Å²) in [5.41, 5.74) is 1.28. The van der Waals surface area contributed by atoms with Crippen LogP contribution >= 0.6 is 0 Å². The zero-order chi connectivity index (χ0) is 20.0. The molecule has 1 fully saturated rings. The van der Waals surface area contributed by atoms with Gasteiger partial charge in [0, 0.05) is 39.1 Å². The normalized spacial score (nSPS) is 14.4. The molecular formula is C22H36N4O2. The third-order valence-electron chi connectivity index (χ3n) is 4.77. The number of carbonyl (C=O) groups excluding carboxylic acids is 1. The van der Waals surface area contributed by atoms with Crippen LogP contribution in [-0.4, -0.2) is 56.1 Å². The van der Waals surface area contributed by atoms with Crippen molar-refractivity contribution in [1.82, 2.24) is 15.5 Å². The van der Waals surface area contributed by atoms with Crippen LogP contribution in [0.3, 0.4) is 0 Å². The van der Waals surface area contributed by atoms with E-state index in [-0.39, 0.29) is 5.91 Å². The quantitative estimate of drug-likeness (QED) is 0.328. The zero-order valence-electron chi connectivity index (χ0n) is 17.5. The second kappa shape index (κ2) is 13.0. The molecule has 1 aliphatic rings. The molecule has 0 aliphatic carbocycles.